The average Bonchev–Trinajstić information content (AvgIpc) is 2.71. The zero-order chi connectivity index (χ0) is 14.0. The molecule has 1 aromatic heterocycles. The van der Waals surface area contributed by atoms with E-state index in [1.54, 1.807) is 23.0 Å². The fraction of sp³-hybridized carbons (Fsp3) is 0.286. The minimum absolute atomic E-state index is 0.0820. The molecule has 0 fully saturated rings. The first-order chi connectivity index (χ1) is 8.99. The third kappa shape index (κ3) is 2.81. The fourth-order valence-corrected chi connectivity index (χ4v) is 2.07. The molecule has 2 rings (SSSR count). The predicted octanol–water partition coefficient (Wildman–Crippen LogP) is 2.52. The maximum atomic E-state index is 12.9. The van der Waals surface area contributed by atoms with Gasteiger partial charge in [-0.3, -0.25) is 4.79 Å². The molecule has 1 N–H and O–H groups in total. The summed E-state index contributed by atoms with van der Waals surface area (Å²) < 4.78 is 14.6. The molecule has 1 amide bonds. The Balaban J connectivity index is 2.32. The summed E-state index contributed by atoms with van der Waals surface area (Å²) in [4.78, 5) is 11.1. The van der Waals surface area contributed by atoms with Crippen molar-refractivity contribution >= 4 is 5.91 Å². The Morgan fingerprint density at radius 2 is 2.00 bits per heavy atom. The van der Waals surface area contributed by atoms with Crippen LogP contribution in [0.5, 0.6) is 0 Å². The Kier molecular flexibility index (Phi) is 3.64. The van der Waals surface area contributed by atoms with Crippen LogP contribution in [0.4, 0.5) is 4.39 Å². The van der Waals surface area contributed by atoms with Gasteiger partial charge in [0.05, 0.1) is 17.9 Å². The molecule has 100 valence electrons. The molecule has 1 heterocycles. The van der Waals surface area contributed by atoms with Crippen molar-refractivity contribution in [1.29, 1.82) is 0 Å². The third-order valence-electron chi connectivity index (χ3n) is 3.01. The normalized spacial score (nSPS) is 12.2. The second kappa shape index (κ2) is 5.22. The van der Waals surface area contributed by atoms with E-state index in [2.05, 4.69) is 10.4 Å². The van der Waals surface area contributed by atoms with Gasteiger partial charge in [0.2, 0.25) is 5.91 Å². The van der Waals surface area contributed by atoms with Gasteiger partial charge >= 0.3 is 0 Å². The summed E-state index contributed by atoms with van der Waals surface area (Å²) >= 11 is 0. The number of carbonyl (C=O) groups is 1. The van der Waals surface area contributed by atoms with E-state index in [9.17, 15) is 9.18 Å². The van der Waals surface area contributed by atoms with Gasteiger partial charge in [0.1, 0.15) is 5.82 Å². The zero-order valence-electron chi connectivity index (χ0n) is 11.1. The highest BCUT2D eigenvalue weighted by atomic mass is 19.1. The number of amides is 1. The molecule has 4 nitrogen and oxygen atoms in total. The van der Waals surface area contributed by atoms with Crippen LogP contribution >= 0.6 is 0 Å². The smallest absolute Gasteiger partial charge is 0.217 e. The Morgan fingerprint density at radius 1 is 1.37 bits per heavy atom. The van der Waals surface area contributed by atoms with Gasteiger partial charge in [-0.25, -0.2) is 9.07 Å². The van der Waals surface area contributed by atoms with Crippen molar-refractivity contribution in [2.24, 2.45) is 0 Å². The molecule has 1 atom stereocenters. The van der Waals surface area contributed by atoms with Crippen LogP contribution in [0.3, 0.4) is 0 Å². The van der Waals surface area contributed by atoms with E-state index >= 15 is 0 Å². The van der Waals surface area contributed by atoms with Crippen molar-refractivity contribution in [1.82, 2.24) is 15.1 Å². The van der Waals surface area contributed by atoms with Gasteiger partial charge in [-0.05, 0) is 38.1 Å². The number of benzene rings is 1. The molecule has 5 heteroatoms. The van der Waals surface area contributed by atoms with Gasteiger partial charge in [0.15, 0.2) is 0 Å². The van der Waals surface area contributed by atoms with Crippen LogP contribution in [0.15, 0.2) is 30.5 Å². The summed E-state index contributed by atoms with van der Waals surface area (Å²) in [7, 11) is 0. The van der Waals surface area contributed by atoms with Crippen LogP contribution in [0.2, 0.25) is 0 Å². The second-order valence-corrected chi connectivity index (χ2v) is 4.50. The lowest BCUT2D eigenvalue weighted by Gasteiger charge is -2.12. The Morgan fingerprint density at radius 3 is 2.58 bits per heavy atom. The predicted molar refractivity (Wildman–Crippen MR) is 70.5 cm³/mol. The SMILES string of the molecule is CC(=O)NC(C)c1cnn(-c2ccc(F)cc2)c1C. The molecule has 0 saturated heterocycles. The maximum Gasteiger partial charge on any atom is 0.217 e. The number of carbonyl (C=O) groups excluding carboxylic acids is 1. The van der Waals surface area contributed by atoms with Crippen LogP contribution in [-0.4, -0.2) is 15.7 Å². The number of rotatable bonds is 3. The monoisotopic (exact) mass is 261 g/mol. The van der Waals surface area contributed by atoms with E-state index < -0.39 is 0 Å². The minimum Gasteiger partial charge on any atom is -0.350 e. The third-order valence-corrected chi connectivity index (χ3v) is 3.01. The minimum atomic E-state index is -0.277. The number of aromatic nitrogens is 2. The maximum absolute atomic E-state index is 12.9. The lowest BCUT2D eigenvalue weighted by atomic mass is 10.1. The van der Waals surface area contributed by atoms with E-state index in [1.807, 2.05) is 13.8 Å². The van der Waals surface area contributed by atoms with Crippen LogP contribution < -0.4 is 5.32 Å². The summed E-state index contributed by atoms with van der Waals surface area (Å²) in [5.41, 5.74) is 2.66. The molecule has 2 aromatic rings. The summed E-state index contributed by atoms with van der Waals surface area (Å²) in [6.07, 6.45) is 1.72. The topological polar surface area (TPSA) is 46.9 Å². The molecule has 0 spiro atoms. The largest absolute Gasteiger partial charge is 0.350 e. The van der Waals surface area contributed by atoms with Gasteiger partial charge < -0.3 is 5.32 Å². The summed E-state index contributed by atoms with van der Waals surface area (Å²) in [6, 6.07) is 6.03. The lowest BCUT2D eigenvalue weighted by Crippen LogP contribution is -2.23. The Hall–Kier alpha value is -2.17. The van der Waals surface area contributed by atoms with Crippen LogP contribution in [-0.2, 0) is 4.79 Å². The summed E-state index contributed by atoms with van der Waals surface area (Å²) in [6.45, 7) is 5.31. The molecular formula is C14H16FN3O. The van der Waals surface area contributed by atoms with E-state index in [0.29, 0.717) is 0 Å². The molecule has 0 aliphatic heterocycles. The molecule has 0 radical (unpaired) electrons. The van der Waals surface area contributed by atoms with E-state index in [4.69, 9.17) is 0 Å². The Labute approximate surface area is 111 Å². The van der Waals surface area contributed by atoms with Crippen molar-refractivity contribution in [3.05, 3.63) is 47.5 Å². The molecule has 19 heavy (non-hydrogen) atoms. The molecule has 1 unspecified atom stereocenters. The molecule has 0 aliphatic carbocycles. The van der Waals surface area contributed by atoms with Crippen molar-refractivity contribution in [3.63, 3.8) is 0 Å². The van der Waals surface area contributed by atoms with Crippen molar-refractivity contribution in [2.75, 3.05) is 0 Å². The number of nitrogens with one attached hydrogen (secondary N) is 1. The molecular weight excluding hydrogens is 245 g/mol. The van der Waals surface area contributed by atoms with Gasteiger partial charge in [-0.1, -0.05) is 0 Å². The van der Waals surface area contributed by atoms with Gasteiger partial charge in [-0.15, -0.1) is 0 Å². The molecule has 0 aliphatic rings. The standard InChI is InChI=1S/C14H16FN3O/c1-9(17-11(3)19)14-8-16-18(10(14)2)13-6-4-12(15)5-7-13/h4-9H,1-3H3,(H,17,19). The molecule has 0 bridgehead atoms. The highest BCUT2D eigenvalue weighted by molar-refractivity contribution is 5.73. The van der Waals surface area contributed by atoms with Gasteiger partial charge in [-0.2, -0.15) is 5.10 Å². The molecule has 1 aromatic carbocycles. The number of hydrogen-bond acceptors (Lipinski definition) is 2. The Bertz CT molecular complexity index is 589. The van der Waals surface area contributed by atoms with Crippen LogP contribution in [0, 0.1) is 12.7 Å². The first-order valence-corrected chi connectivity index (χ1v) is 6.06. The average molecular weight is 261 g/mol. The van der Waals surface area contributed by atoms with Crippen molar-refractivity contribution < 1.29 is 9.18 Å². The number of hydrogen-bond donors (Lipinski definition) is 1. The summed E-state index contributed by atoms with van der Waals surface area (Å²) in [5, 5.41) is 7.11. The number of nitrogens with zero attached hydrogens (tertiary/aromatic N) is 2. The van der Waals surface area contributed by atoms with Crippen molar-refractivity contribution in [2.45, 2.75) is 26.8 Å². The highest BCUT2D eigenvalue weighted by Gasteiger charge is 2.14. The lowest BCUT2D eigenvalue weighted by molar-refractivity contribution is -0.119. The second-order valence-electron chi connectivity index (χ2n) is 4.50. The van der Waals surface area contributed by atoms with Crippen molar-refractivity contribution in [3.8, 4) is 5.69 Å². The van der Waals surface area contributed by atoms with E-state index in [1.165, 1.54) is 19.1 Å². The van der Waals surface area contributed by atoms with Gasteiger partial charge in [0, 0.05) is 18.2 Å². The number of halogens is 1. The van der Waals surface area contributed by atoms with Crippen LogP contribution in [0.1, 0.15) is 31.1 Å². The van der Waals surface area contributed by atoms with Gasteiger partial charge in [0.25, 0.3) is 0 Å². The highest BCUT2D eigenvalue weighted by Crippen LogP contribution is 2.20. The van der Waals surface area contributed by atoms with Crippen LogP contribution in [0.25, 0.3) is 5.69 Å². The fourth-order valence-electron chi connectivity index (χ4n) is 2.07. The summed E-state index contributed by atoms with van der Waals surface area (Å²) in [5.74, 6) is -0.359. The van der Waals surface area contributed by atoms with E-state index in [-0.39, 0.29) is 17.8 Å². The molecule has 0 saturated carbocycles. The zero-order valence-corrected chi connectivity index (χ0v) is 11.1. The quantitative estimate of drug-likeness (QED) is 0.922. The first-order valence-electron chi connectivity index (χ1n) is 6.06. The van der Waals surface area contributed by atoms with E-state index in [0.717, 1.165) is 16.9 Å². The first kappa shape index (κ1) is 13.3.